The quantitative estimate of drug-likeness (QED) is 0.743. The summed E-state index contributed by atoms with van der Waals surface area (Å²) in [6.45, 7) is 2.87. The minimum absolute atomic E-state index is 0.486. The molecule has 2 N–H and O–H groups in total. The highest BCUT2D eigenvalue weighted by atomic mass is 35.5. The summed E-state index contributed by atoms with van der Waals surface area (Å²) in [5.74, 6) is 0.486. The molecule has 90 valence electrons. The first-order valence-electron chi connectivity index (χ1n) is 5.78. The standard InChI is InChI=1S/C12H19ClN2O/c1-2-3-4-5-6-7-16-12-11(14)8-10(13)9-15-12/h8-9H,2-7,14H2,1H3. The van der Waals surface area contributed by atoms with Crippen LogP contribution in [0.5, 0.6) is 5.88 Å². The average molecular weight is 243 g/mol. The van der Waals surface area contributed by atoms with E-state index in [4.69, 9.17) is 22.1 Å². The lowest BCUT2D eigenvalue weighted by molar-refractivity contribution is 0.295. The molecule has 1 aromatic heterocycles. The predicted molar refractivity (Wildman–Crippen MR) is 67.9 cm³/mol. The van der Waals surface area contributed by atoms with Crippen molar-refractivity contribution in [3.63, 3.8) is 0 Å². The highest BCUT2D eigenvalue weighted by molar-refractivity contribution is 6.30. The molecule has 4 heteroatoms. The van der Waals surface area contributed by atoms with E-state index in [0.717, 1.165) is 6.42 Å². The Bertz CT molecular complexity index is 318. The van der Waals surface area contributed by atoms with Crippen LogP contribution < -0.4 is 10.5 Å². The van der Waals surface area contributed by atoms with Crippen LogP contribution in [0.1, 0.15) is 39.0 Å². The molecule has 16 heavy (non-hydrogen) atoms. The Morgan fingerprint density at radius 3 is 2.75 bits per heavy atom. The molecule has 1 aromatic rings. The van der Waals surface area contributed by atoms with E-state index >= 15 is 0 Å². The normalized spacial score (nSPS) is 10.4. The van der Waals surface area contributed by atoms with Gasteiger partial charge in [0.1, 0.15) is 0 Å². The third-order valence-electron chi connectivity index (χ3n) is 2.33. The molecule has 0 unspecified atom stereocenters. The van der Waals surface area contributed by atoms with Gasteiger partial charge in [-0.15, -0.1) is 0 Å². The summed E-state index contributed by atoms with van der Waals surface area (Å²) in [6, 6.07) is 1.65. The van der Waals surface area contributed by atoms with Gasteiger partial charge >= 0.3 is 0 Å². The monoisotopic (exact) mass is 242 g/mol. The number of nitrogens with zero attached hydrogens (tertiary/aromatic N) is 1. The van der Waals surface area contributed by atoms with Gasteiger partial charge in [-0.1, -0.05) is 44.2 Å². The first-order chi connectivity index (χ1) is 7.74. The number of hydrogen-bond acceptors (Lipinski definition) is 3. The predicted octanol–water partition coefficient (Wildman–Crippen LogP) is 3.67. The largest absolute Gasteiger partial charge is 0.476 e. The fourth-order valence-electron chi connectivity index (χ4n) is 1.44. The number of hydrogen-bond donors (Lipinski definition) is 1. The van der Waals surface area contributed by atoms with E-state index in [0.29, 0.717) is 23.2 Å². The molecular weight excluding hydrogens is 224 g/mol. The summed E-state index contributed by atoms with van der Waals surface area (Å²) in [4.78, 5) is 4.03. The van der Waals surface area contributed by atoms with Crippen molar-refractivity contribution in [1.82, 2.24) is 4.98 Å². The van der Waals surface area contributed by atoms with Crippen molar-refractivity contribution >= 4 is 17.3 Å². The first-order valence-corrected chi connectivity index (χ1v) is 6.15. The van der Waals surface area contributed by atoms with Gasteiger partial charge in [-0.25, -0.2) is 4.98 Å². The van der Waals surface area contributed by atoms with E-state index in [-0.39, 0.29) is 0 Å². The molecule has 0 bridgehead atoms. The lowest BCUT2D eigenvalue weighted by Gasteiger charge is -2.07. The molecule has 0 aliphatic carbocycles. The molecule has 1 rings (SSSR count). The lowest BCUT2D eigenvalue weighted by atomic mass is 10.2. The maximum absolute atomic E-state index is 5.74. The maximum atomic E-state index is 5.74. The van der Waals surface area contributed by atoms with Crippen molar-refractivity contribution in [3.8, 4) is 5.88 Å². The van der Waals surface area contributed by atoms with Crippen molar-refractivity contribution in [2.45, 2.75) is 39.0 Å². The molecule has 0 amide bonds. The van der Waals surface area contributed by atoms with E-state index in [1.807, 2.05) is 0 Å². The van der Waals surface area contributed by atoms with Gasteiger partial charge in [-0.2, -0.15) is 0 Å². The van der Waals surface area contributed by atoms with Gasteiger partial charge in [0.05, 0.1) is 17.3 Å². The average Bonchev–Trinajstić information content (AvgIpc) is 2.26. The molecule has 0 fully saturated rings. The molecule has 0 saturated carbocycles. The number of aromatic nitrogens is 1. The third kappa shape index (κ3) is 4.71. The minimum atomic E-state index is 0.486. The number of ether oxygens (including phenoxy) is 1. The molecule has 0 aromatic carbocycles. The van der Waals surface area contributed by atoms with Gasteiger partial charge < -0.3 is 10.5 Å². The van der Waals surface area contributed by atoms with Crippen molar-refractivity contribution < 1.29 is 4.74 Å². The summed E-state index contributed by atoms with van der Waals surface area (Å²) in [5, 5.41) is 0.535. The second kappa shape index (κ2) is 7.34. The Morgan fingerprint density at radius 2 is 2.06 bits per heavy atom. The van der Waals surface area contributed by atoms with Gasteiger partial charge in [-0.05, 0) is 12.5 Å². The molecule has 0 aliphatic heterocycles. The Morgan fingerprint density at radius 1 is 1.31 bits per heavy atom. The highest BCUT2D eigenvalue weighted by Crippen LogP contribution is 2.21. The van der Waals surface area contributed by atoms with Gasteiger partial charge in [0, 0.05) is 6.20 Å². The topological polar surface area (TPSA) is 48.1 Å². The number of pyridine rings is 1. The van der Waals surface area contributed by atoms with Crippen LogP contribution >= 0.6 is 11.6 Å². The van der Waals surface area contributed by atoms with Gasteiger partial charge in [0.15, 0.2) is 0 Å². The van der Waals surface area contributed by atoms with Gasteiger partial charge in [0.2, 0.25) is 5.88 Å². The Labute approximate surface area is 102 Å². The number of halogens is 1. The Balaban J connectivity index is 2.21. The van der Waals surface area contributed by atoms with Crippen LogP contribution in [0, 0.1) is 0 Å². The zero-order valence-corrected chi connectivity index (χ0v) is 10.5. The zero-order chi connectivity index (χ0) is 11.8. The molecule has 0 atom stereocenters. The first kappa shape index (κ1) is 13.1. The zero-order valence-electron chi connectivity index (χ0n) is 9.71. The molecule has 1 heterocycles. The second-order valence-corrected chi connectivity index (χ2v) is 4.25. The summed E-state index contributed by atoms with van der Waals surface area (Å²) in [5.41, 5.74) is 6.21. The third-order valence-corrected chi connectivity index (χ3v) is 2.54. The summed E-state index contributed by atoms with van der Waals surface area (Å²) >= 11 is 5.74. The molecule has 0 radical (unpaired) electrons. The number of rotatable bonds is 7. The van der Waals surface area contributed by atoms with E-state index in [1.165, 1.54) is 25.7 Å². The number of unbranched alkanes of at least 4 members (excludes halogenated alkanes) is 4. The van der Waals surface area contributed by atoms with Crippen LogP contribution in [-0.2, 0) is 0 Å². The lowest BCUT2D eigenvalue weighted by Crippen LogP contribution is -2.02. The second-order valence-electron chi connectivity index (χ2n) is 3.81. The van der Waals surface area contributed by atoms with Crippen LogP contribution in [0.4, 0.5) is 5.69 Å². The van der Waals surface area contributed by atoms with Crippen LogP contribution in [0.3, 0.4) is 0 Å². The maximum Gasteiger partial charge on any atom is 0.237 e. The van der Waals surface area contributed by atoms with Gasteiger partial charge in [0.25, 0.3) is 0 Å². The molecule has 0 saturated heterocycles. The SMILES string of the molecule is CCCCCCCOc1ncc(Cl)cc1N. The number of nitrogen functional groups attached to an aromatic ring is 1. The number of nitrogens with two attached hydrogens (primary N) is 1. The number of anilines is 1. The van der Waals surface area contributed by atoms with E-state index < -0.39 is 0 Å². The Hall–Kier alpha value is -0.960. The summed E-state index contributed by atoms with van der Waals surface area (Å²) in [6.07, 6.45) is 7.60. The fourth-order valence-corrected chi connectivity index (χ4v) is 1.60. The van der Waals surface area contributed by atoms with Crippen molar-refractivity contribution in [2.24, 2.45) is 0 Å². The minimum Gasteiger partial charge on any atom is -0.476 e. The van der Waals surface area contributed by atoms with Crippen LogP contribution in [0.15, 0.2) is 12.3 Å². The van der Waals surface area contributed by atoms with E-state index in [1.54, 1.807) is 12.3 Å². The fraction of sp³-hybridized carbons (Fsp3) is 0.583. The Kier molecular flexibility index (Phi) is 6.01. The van der Waals surface area contributed by atoms with Crippen LogP contribution in [0.25, 0.3) is 0 Å². The van der Waals surface area contributed by atoms with Crippen molar-refractivity contribution in [1.29, 1.82) is 0 Å². The molecule has 0 aliphatic rings. The van der Waals surface area contributed by atoms with E-state index in [9.17, 15) is 0 Å². The smallest absolute Gasteiger partial charge is 0.237 e. The van der Waals surface area contributed by atoms with Gasteiger partial charge in [-0.3, -0.25) is 0 Å². The molecule has 3 nitrogen and oxygen atoms in total. The molecular formula is C12H19ClN2O. The molecule has 0 spiro atoms. The summed E-state index contributed by atoms with van der Waals surface area (Å²) in [7, 11) is 0. The van der Waals surface area contributed by atoms with Crippen molar-refractivity contribution in [2.75, 3.05) is 12.3 Å². The van der Waals surface area contributed by atoms with E-state index in [2.05, 4.69) is 11.9 Å². The highest BCUT2D eigenvalue weighted by Gasteiger charge is 2.02. The summed E-state index contributed by atoms with van der Waals surface area (Å²) < 4.78 is 5.48. The van der Waals surface area contributed by atoms with Crippen LogP contribution in [-0.4, -0.2) is 11.6 Å². The van der Waals surface area contributed by atoms with Crippen molar-refractivity contribution in [3.05, 3.63) is 17.3 Å². The van der Waals surface area contributed by atoms with Crippen LogP contribution in [0.2, 0.25) is 5.02 Å².